The van der Waals surface area contributed by atoms with Gasteiger partial charge >= 0.3 is 12.3 Å². The lowest BCUT2D eigenvalue weighted by atomic mass is 10.0. The van der Waals surface area contributed by atoms with Gasteiger partial charge in [-0.15, -0.1) is 0 Å². The number of hydrogen-bond acceptors (Lipinski definition) is 0. The minimum atomic E-state index is -4.05. The van der Waals surface area contributed by atoms with Crippen molar-refractivity contribution in [1.29, 1.82) is 0 Å². The molecule has 0 aromatic heterocycles. The minimum absolute atomic E-state index is 0.627. The van der Waals surface area contributed by atoms with E-state index < -0.39 is 17.9 Å². The van der Waals surface area contributed by atoms with E-state index in [9.17, 15) is 17.6 Å². The van der Waals surface area contributed by atoms with Gasteiger partial charge in [0.15, 0.2) is 0 Å². The average Bonchev–Trinajstić information content (AvgIpc) is 2.19. The summed E-state index contributed by atoms with van der Waals surface area (Å²) in [4.78, 5) is 0. The predicted molar refractivity (Wildman–Crippen MR) is 50.3 cm³/mol. The molecular weight excluding hydrogens is 208 g/mol. The average molecular weight is 220 g/mol. The first kappa shape index (κ1) is 12.0. The first-order chi connectivity index (χ1) is 6.98. The second-order valence-corrected chi connectivity index (χ2v) is 3.37. The quantitative estimate of drug-likeness (QED) is 0.673. The highest BCUT2D eigenvalue weighted by atomic mass is 19.3. The molecule has 0 aliphatic rings. The maximum atomic E-state index is 12.8. The van der Waals surface area contributed by atoms with Gasteiger partial charge in [-0.3, -0.25) is 0 Å². The molecule has 0 saturated heterocycles. The molecule has 0 fully saturated rings. The second kappa shape index (κ2) is 4.64. The molecule has 1 rings (SSSR count). The van der Waals surface area contributed by atoms with Crippen LogP contribution in [0.25, 0.3) is 0 Å². The third-order valence-electron chi connectivity index (χ3n) is 2.15. The Hall–Kier alpha value is -1.06. The van der Waals surface area contributed by atoms with E-state index in [4.69, 9.17) is 0 Å². The molecule has 1 aromatic carbocycles. The molecule has 1 aromatic rings. The van der Waals surface area contributed by atoms with Crippen molar-refractivity contribution in [1.82, 2.24) is 0 Å². The highest BCUT2D eigenvalue weighted by Crippen LogP contribution is 2.34. The lowest BCUT2D eigenvalue weighted by molar-refractivity contribution is -0.135. The van der Waals surface area contributed by atoms with E-state index >= 15 is 0 Å². The molecular formula is C11H12F4. The Morgan fingerprint density at radius 3 is 2.07 bits per heavy atom. The van der Waals surface area contributed by atoms with Gasteiger partial charge in [0.05, 0.1) is 0 Å². The Kier molecular flexibility index (Phi) is 3.72. The lowest BCUT2D eigenvalue weighted by Gasteiger charge is -2.15. The zero-order chi connectivity index (χ0) is 11.5. The maximum Gasteiger partial charge on any atom is 0.332 e. The molecule has 0 radical (unpaired) electrons. The highest BCUT2D eigenvalue weighted by molar-refractivity contribution is 5.26. The van der Waals surface area contributed by atoms with Gasteiger partial charge in [0, 0.05) is 5.56 Å². The van der Waals surface area contributed by atoms with E-state index in [-0.39, 0.29) is 0 Å². The summed E-state index contributed by atoms with van der Waals surface area (Å²) in [5, 5.41) is 0. The second-order valence-electron chi connectivity index (χ2n) is 3.37. The summed E-state index contributed by atoms with van der Waals surface area (Å²) in [5.74, 6) is -4.05. The molecule has 0 heterocycles. The molecule has 0 aliphatic heterocycles. The summed E-state index contributed by atoms with van der Waals surface area (Å²) in [7, 11) is 0. The molecule has 0 atom stereocenters. The molecule has 0 nitrogen and oxygen atoms in total. The predicted octanol–water partition coefficient (Wildman–Crippen LogP) is 4.00. The molecule has 0 spiro atoms. The number of rotatable bonds is 4. The smallest absolute Gasteiger partial charge is 0.203 e. The van der Waals surface area contributed by atoms with E-state index in [1.807, 2.05) is 6.92 Å². The van der Waals surface area contributed by atoms with Crippen LogP contribution >= 0.6 is 0 Å². The van der Waals surface area contributed by atoms with Crippen molar-refractivity contribution >= 4 is 0 Å². The van der Waals surface area contributed by atoms with E-state index in [0.29, 0.717) is 0 Å². The van der Waals surface area contributed by atoms with Crippen LogP contribution in [0.15, 0.2) is 24.3 Å². The SMILES string of the molecule is CCCc1ccc(C(F)(F)C(F)F)cc1. The van der Waals surface area contributed by atoms with Crippen molar-refractivity contribution in [3.8, 4) is 0 Å². The van der Waals surface area contributed by atoms with Gasteiger partial charge in [-0.1, -0.05) is 37.6 Å². The molecule has 0 saturated carbocycles. The third kappa shape index (κ3) is 2.70. The van der Waals surface area contributed by atoms with Crippen LogP contribution in [0.2, 0.25) is 0 Å². The molecule has 0 N–H and O–H groups in total. The molecule has 0 bridgehead atoms. The Bertz CT molecular complexity index is 303. The molecule has 0 aliphatic carbocycles. The van der Waals surface area contributed by atoms with Crippen LogP contribution in [0.1, 0.15) is 24.5 Å². The maximum absolute atomic E-state index is 12.8. The van der Waals surface area contributed by atoms with Gasteiger partial charge in [0.25, 0.3) is 0 Å². The van der Waals surface area contributed by atoms with Gasteiger partial charge in [-0.25, -0.2) is 8.78 Å². The normalized spacial score (nSPS) is 12.1. The summed E-state index contributed by atoms with van der Waals surface area (Å²) in [5.41, 5.74) is 0.253. The minimum Gasteiger partial charge on any atom is -0.203 e. The summed E-state index contributed by atoms with van der Waals surface area (Å²) >= 11 is 0. The molecule has 84 valence electrons. The van der Waals surface area contributed by atoms with E-state index in [2.05, 4.69) is 0 Å². The third-order valence-corrected chi connectivity index (χ3v) is 2.15. The monoisotopic (exact) mass is 220 g/mol. The van der Waals surface area contributed by atoms with Gasteiger partial charge in [-0.2, -0.15) is 8.78 Å². The summed E-state index contributed by atoms with van der Waals surface area (Å²) < 4.78 is 49.7. The van der Waals surface area contributed by atoms with Crippen molar-refractivity contribution in [2.45, 2.75) is 32.1 Å². The van der Waals surface area contributed by atoms with Crippen LogP contribution in [0.4, 0.5) is 17.6 Å². The van der Waals surface area contributed by atoms with Gasteiger partial charge in [-0.05, 0) is 12.0 Å². The van der Waals surface area contributed by atoms with Crippen LogP contribution in [0.5, 0.6) is 0 Å². The Morgan fingerprint density at radius 2 is 1.67 bits per heavy atom. The fourth-order valence-corrected chi connectivity index (χ4v) is 1.31. The van der Waals surface area contributed by atoms with Crippen molar-refractivity contribution in [2.24, 2.45) is 0 Å². The topological polar surface area (TPSA) is 0 Å². The van der Waals surface area contributed by atoms with Gasteiger partial charge < -0.3 is 0 Å². The number of halogens is 4. The van der Waals surface area contributed by atoms with E-state index in [1.165, 1.54) is 12.1 Å². The molecule has 4 heteroatoms. The van der Waals surface area contributed by atoms with E-state index in [0.717, 1.165) is 30.5 Å². The summed E-state index contributed by atoms with van der Waals surface area (Å²) in [6.45, 7) is 1.96. The van der Waals surface area contributed by atoms with Crippen molar-refractivity contribution in [2.75, 3.05) is 0 Å². The highest BCUT2D eigenvalue weighted by Gasteiger charge is 2.42. The first-order valence-corrected chi connectivity index (χ1v) is 4.74. The lowest BCUT2D eigenvalue weighted by Crippen LogP contribution is -2.23. The van der Waals surface area contributed by atoms with Crippen LogP contribution in [-0.2, 0) is 12.3 Å². The van der Waals surface area contributed by atoms with Crippen LogP contribution < -0.4 is 0 Å². The van der Waals surface area contributed by atoms with Gasteiger partial charge in [0.1, 0.15) is 0 Å². The van der Waals surface area contributed by atoms with Crippen LogP contribution in [0.3, 0.4) is 0 Å². The van der Waals surface area contributed by atoms with Gasteiger partial charge in [0.2, 0.25) is 0 Å². The molecule has 0 unspecified atom stereocenters. The summed E-state index contributed by atoms with van der Waals surface area (Å²) in [6, 6.07) is 5.07. The van der Waals surface area contributed by atoms with Crippen LogP contribution in [-0.4, -0.2) is 6.43 Å². The largest absolute Gasteiger partial charge is 0.332 e. The Morgan fingerprint density at radius 1 is 1.13 bits per heavy atom. The van der Waals surface area contributed by atoms with Crippen molar-refractivity contribution < 1.29 is 17.6 Å². The van der Waals surface area contributed by atoms with Crippen molar-refractivity contribution in [3.63, 3.8) is 0 Å². The Balaban J connectivity index is 2.88. The number of alkyl halides is 4. The number of benzene rings is 1. The zero-order valence-corrected chi connectivity index (χ0v) is 8.31. The van der Waals surface area contributed by atoms with Crippen LogP contribution in [0, 0.1) is 0 Å². The first-order valence-electron chi connectivity index (χ1n) is 4.74. The fourth-order valence-electron chi connectivity index (χ4n) is 1.31. The zero-order valence-electron chi connectivity index (χ0n) is 8.31. The standard InChI is InChI=1S/C11H12F4/c1-2-3-8-4-6-9(7-5-8)11(14,15)10(12)13/h4-7,10H,2-3H2,1H3. The van der Waals surface area contributed by atoms with E-state index in [1.54, 1.807) is 0 Å². The number of hydrogen-bond donors (Lipinski definition) is 0. The molecule has 0 amide bonds. The Labute approximate surface area is 85.9 Å². The molecule has 15 heavy (non-hydrogen) atoms. The van der Waals surface area contributed by atoms with Crippen molar-refractivity contribution in [3.05, 3.63) is 35.4 Å². The number of aryl methyl sites for hydroxylation is 1. The summed E-state index contributed by atoms with van der Waals surface area (Å²) in [6.07, 6.45) is -2.00. The fraction of sp³-hybridized carbons (Fsp3) is 0.455.